The molecule has 0 radical (unpaired) electrons. The van der Waals surface area contributed by atoms with Crippen molar-refractivity contribution in [3.8, 4) is 11.6 Å². The molecule has 7 nitrogen and oxygen atoms in total. The maximum Gasteiger partial charge on any atom is 0.244 e. The molecule has 0 saturated carbocycles. The summed E-state index contributed by atoms with van der Waals surface area (Å²) in [6, 6.07) is 11.1. The molecule has 0 aliphatic rings. The molecule has 3 aromatic rings. The van der Waals surface area contributed by atoms with E-state index in [1.54, 1.807) is 32.2 Å². The van der Waals surface area contributed by atoms with Crippen molar-refractivity contribution in [2.75, 3.05) is 0 Å². The first-order chi connectivity index (χ1) is 12.4. The van der Waals surface area contributed by atoms with Gasteiger partial charge in [0, 0.05) is 18.3 Å². The van der Waals surface area contributed by atoms with Crippen molar-refractivity contribution in [1.82, 2.24) is 19.9 Å². The van der Waals surface area contributed by atoms with Crippen molar-refractivity contribution in [2.45, 2.75) is 32.2 Å². The van der Waals surface area contributed by atoms with E-state index in [-0.39, 0.29) is 11.4 Å². The van der Waals surface area contributed by atoms with Gasteiger partial charge in [0.1, 0.15) is 10.6 Å². The Hall–Kier alpha value is -2.71. The molecular formula is C18H20N4O3S. The van der Waals surface area contributed by atoms with E-state index in [1.807, 2.05) is 31.2 Å². The molecule has 136 valence electrons. The molecule has 8 heteroatoms. The van der Waals surface area contributed by atoms with Crippen LogP contribution >= 0.6 is 0 Å². The summed E-state index contributed by atoms with van der Waals surface area (Å²) < 4.78 is 33.7. The molecule has 1 aromatic carbocycles. The topological polar surface area (TPSA) is 97.0 Å². The molecule has 0 spiro atoms. The molecule has 0 amide bonds. The number of nitrogens with one attached hydrogen (secondary N) is 2. The third-order valence-corrected chi connectivity index (χ3v) is 5.60. The third kappa shape index (κ3) is 3.76. The Labute approximate surface area is 152 Å². The van der Waals surface area contributed by atoms with E-state index in [0.29, 0.717) is 28.6 Å². The number of hydrogen-bond acceptors (Lipinski definition) is 5. The van der Waals surface area contributed by atoms with Crippen molar-refractivity contribution < 1.29 is 13.2 Å². The van der Waals surface area contributed by atoms with Crippen LogP contribution in [0.5, 0.6) is 11.6 Å². The number of aromatic nitrogens is 3. The van der Waals surface area contributed by atoms with Gasteiger partial charge in [0.05, 0.1) is 11.4 Å². The maximum atomic E-state index is 12.6. The number of hydrogen-bond donors (Lipinski definition) is 2. The van der Waals surface area contributed by atoms with E-state index in [2.05, 4.69) is 19.9 Å². The second-order valence-electron chi connectivity index (χ2n) is 5.92. The van der Waals surface area contributed by atoms with Crippen molar-refractivity contribution >= 4 is 10.0 Å². The van der Waals surface area contributed by atoms with Crippen LogP contribution in [0.3, 0.4) is 0 Å². The highest BCUT2D eigenvalue weighted by Crippen LogP contribution is 2.26. The van der Waals surface area contributed by atoms with Crippen molar-refractivity contribution in [2.24, 2.45) is 0 Å². The molecule has 2 aromatic heterocycles. The van der Waals surface area contributed by atoms with Crippen LogP contribution in [0.1, 0.15) is 22.5 Å². The van der Waals surface area contributed by atoms with Crippen molar-refractivity contribution in [3.05, 3.63) is 65.1 Å². The van der Waals surface area contributed by atoms with Crippen LogP contribution < -0.4 is 9.46 Å². The fourth-order valence-corrected chi connectivity index (χ4v) is 3.98. The number of H-pyrrole nitrogens is 1. The summed E-state index contributed by atoms with van der Waals surface area (Å²) >= 11 is 0. The van der Waals surface area contributed by atoms with Crippen LogP contribution in [-0.4, -0.2) is 23.6 Å². The Balaban J connectivity index is 1.82. The molecule has 0 saturated heterocycles. The Morgan fingerprint density at radius 1 is 1.12 bits per heavy atom. The average Bonchev–Trinajstić information content (AvgIpc) is 2.95. The van der Waals surface area contributed by atoms with E-state index in [9.17, 15) is 8.42 Å². The molecule has 0 fully saturated rings. The number of sulfonamides is 1. The first-order valence-electron chi connectivity index (χ1n) is 8.07. The van der Waals surface area contributed by atoms with Crippen LogP contribution in [0.25, 0.3) is 0 Å². The lowest BCUT2D eigenvalue weighted by molar-refractivity contribution is 0.452. The van der Waals surface area contributed by atoms with Gasteiger partial charge in [0.15, 0.2) is 0 Å². The minimum atomic E-state index is -3.70. The number of benzene rings is 1. The Bertz CT molecular complexity index is 1010. The molecule has 0 unspecified atom stereocenters. The maximum absolute atomic E-state index is 12.6. The minimum absolute atomic E-state index is 0.0570. The number of aryl methyl sites for hydroxylation is 3. The Morgan fingerprint density at radius 2 is 1.88 bits per heavy atom. The first-order valence-corrected chi connectivity index (χ1v) is 9.55. The highest BCUT2D eigenvalue weighted by Gasteiger charge is 2.22. The minimum Gasteiger partial charge on any atom is -0.438 e. The van der Waals surface area contributed by atoms with Crippen LogP contribution in [-0.2, 0) is 16.6 Å². The number of ether oxygens (including phenoxy) is 1. The number of para-hydroxylation sites is 1. The summed E-state index contributed by atoms with van der Waals surface area (Å²) in [5, 5.41) is 6.62. The second-order valence-corrected chi connectivity index (χ2v) is 7.63. The lowest BCUT2D eigenvalue weighted by Crippen LogP contribution is -2.24. The molecule has 0 aliphatic heterocycles. The quantitative estimate of drug-likeness (QED) is 0.693. The normalized spacial score (nSPS) is 11.5. The summed E-state index contributed by atoms with van der Waals surface area (Å²) in [6.07, 6.45) is 1.61. The van der Waals surface area contributed by atoms with Crippen LogP contribution in [0.15, 0.2) is 47.5 Å². The molecule has 0 atom stereocenters. The predicted octanol–water partition coefficient (Wildman–Crippen LogP) is 3.00. The van der Waals surface area contributed by atoms with E-state index < -0.39 is 10.0 Å². The van der Waals surface area contributed by atoms with Gasteiger partial charge in [0.25, 0.3) is 0 Å². The van der Waals surface area contributed by atoms with Gasteiger partial charge >= 0.3 is 0 Å². The smallest absolute Gasteiger partial charge is 0.244 e. The van der Waals surface area contributed by atoms with E-state index in [4.69, 9.17) is 4.74 Å². The highest BCUT2D eigenvalue weighted by atomic mass is 32.2. The highest BCUT2D eigenvalue weighted by molar-refractivity contribution is 7.89. The van der Waals surface area contributed by atoms with Crippen molar-refractivity contribution in [3.63, 3.8) is 0 Å². The molecule has 0 aliphatic carbocycles. The second kappa shape index (κ2) is 7.27. The summed E-state index contributed by atoms with van der Waals surface area (Å²) in [5.41, 5.74) is 2.53. The number of aromatic amines is 1. The van der Waals surface area contributed by atoms with Gasteiger partial charge in [-0.05, 0) is 38.5 Å². The van der Waals surface area contributed by atoms with Crippen LogP contribution in [0.4, 0.5) is 0 Å². The fourth-order valence-electron chi connectivity index (χ4n) is 2.61. The summed E-state index contributed by atoms with van der Waals surface area (Å²) in [6.45, 7) is 5.31. The molecular weight excluding hydrogens is 352 g/mol. The van der Waals surface area contributed by atoms with Gasteiger partial charge in [0.2, 0.25) is 15.9 Å². The van der Waals surface area contributed by atoms with Gasteiger partial charge in [-0.25, -0.2) is 18.1 Å². The average molecular weight is 372 g/mol. The molecule has 26 heavy (non-hydrogen) atoms. The van der Waals surface area contributed by atoms with Gasteiger partial charge in [-0.1, -0.05) is 24.3 Å². The van der Waals surface area contributed by atoms with E-state index >= 15 is 0 Å². The molecule has 2 heterocycles. The van der Waals surface area contributed by atoms with Gasteiger partial charge in [-0.15, -0.1) is 0 Å². The zero-order valence-corrected chi connectivity index (χ0v) is 15.6. The molecule has 3 rings (SSSR count). The lowest BCUT2D eigenvalue weighted by atomic mass is 10.2. The largest absolute Gasteiger partial charge is 0.438 e. The standard InChI is InChI=1S/C18H20N4O3S/c1-12-7-4-5-9-16(12)25-18-15(8-6-10-19-18)11-20-26(23,24)17-13(2)21-22-14(17)3/h4-10,20H,11H2,1-3H3,(H,21,22). The summed E-state index contributed by atoms with van der Waals surface area (Å²) in [5.74, 6) is 1.04. The zero-order chi connectivity index (χ0) is 18.7. The zero-order valence-electron chi connectivity index (χ0n) is 14.8. The third-order valence-electron chi connectivity index (χ3n) is 3.93. The first kappa shape index (κ1) is 18.1. The van der Waals surface area contributed by atoms with Gasteiger partial charge in [-0.3, -0.25) is 5.10 Å². The monoisotopic (exact) mass is 372 g/mol. The van der Waals surface area contributed by atoms with Crippen molar-refractivity contribution in [1.29, 1.82) is 0 Å². The summed E-state index contributed by atoms with van der Waals surface area (Å²) in [7, 11) is -3.70. The number of nitrogens with zero attached hydrogens (tertiary/aromatic N) is 2. The number of pyridine rings is 1. The summed E-state index contributed by atoms with van der Waals surface area (Å²) in [4.78, 5) is 4.41. The Morgan fingerprint density at radius 3 is 2.58 bits per heavy atom. The van der Waals surface area contributed by atoms with Gasteiger partial charge < -0.3 is 4.74 Å². The van der Waals surface area contributed by atoms with E-state index in [1.165, 1.54) is 0 Å². The molecule has 0 bridgehead atoms. The SMILES string of the molecule is Cc1ccccc1Oc1ncccc1CNS(=O)(=O)c1c(C)n[nH]c1C. The predicted molar refractivity (Wildman–Crippen MR) is 97.6 cm³/mol. The van der Waals surface area contributed by atoms with Gasteiger partial charge in [-0.2, -0.15) is 5.10 Å². The molecule has 2 N–H and O–H groups in total. The lowest BCUT2D eigenvalue weighted by Gasteiger charge is -2.12. The number of rotatable bonds is 6. The van der Waals surface area contributed by atoms with Crippen LogP contribution in [0.2, 0.25) is 0 Å². The Kier molecular flexibility index (Phi) is 5.06. The van der Waals surface area contributed by atoms with E-state index in [0.717, 1.165) is 5.56 Å². The fraction of sp³-hybridized carbons (Fsp3) is 0.222. The van der Waals surface area contributed by atoms with Crippen LogP contribution in [0, 0.1) is 20.8 Å².